The number of benzene rings is 1. The van der Waals surface area contributed by atoms with Crippen LogP contribution in [-0.4, -0.2) is 26.3 Å². The molecule has 1 aromatic carbocycles. The highest BCUT2D eigenvalue weighted by molar-refractivity contribution is 9.10. The Morgan fingerprint density at radius 2 is 2.00 bits per heavy atom. The summed E-state index contributed by atoms with van der Waals surface area (Å²) in [5.74, 6) is 0. The molecular weight excluding hydrogens is 266 g/mol. The average Bonchev–Trinajstić information content (AvgIpc) is 2.31. The van der Waals surface area contributed by atoms with Gasteiger partial charge in [-0.2, -0.15) is 0 Å². The molecule has 0 aliphatic carbocycles. The fourth-order valence-corrected chi connectivity index (χ4v) is 1.89. The van der Waals surface area contributed by atoms with Crippen molar-refractivity contribution in [2.45, 2.75) is 25.8 Å². The van der Waals surface area contributed by atoms with Gasteiger partial charge in [-0.1, -0.05) is 28.1 Å². The second-order valence-corrected chi connectivity index (χ2v) is 4.72. The minimum atomic E-state index is 0.493. The molecule has 0 saturated carbocycles. The van der Waals surface area contributed by atoms with Crippen LogP contribution < -0.4 is 5.32 Å². The SMILES string of the molecule is CCOCCC(Cc1ccc(Br)cc1)NC. The van der Waals surface area contributed by atoms with Crippen LogP contribution in [0.1, 0.15) is 18.9 Å². The first-order valence-corrected chi connectivity index (χ1v) is 6.55. The first kappa shape index (κ1) is 13.7. The van der Waals surface area contributed by atoms with Crippen molar-refractivity contribution in [3.05, 3.63) is 34.3 Å². The molecular formula is C13H20BrNO. The molecule has 1 rings (SSSR count). The Balaban J connectivity index is 2.40. The van der Waals surface area contributed by atoms with Crippen LogP contribution in [0.5, 0.6) is 0 Å². The van der Waals surface area contributed by atoms with Gasteiger partial charge in [-0.15, -0.1) is 0 Å². The van der Waals surface area contributed by atoms with Crippen molar-refractivity contribution >= 4 is 15.9 Å². The molecule has 90 valence electrons. The molecule has 16 heavy (non-hydrogen) atoms. The summed E-state index contributed by atoms with van der Waals surface area (Å²) in [7, 11) is 2.01. The van der Waals surface area contributed by atoms with E-state index in [0.717, 1.165) is 30.5 Å². The largest absolute Gasteiger partial charge is 0.382 e. The smallest absolute Gasteiger partial charge is 0.0480 e. The summed E-state index contributed by atoms with van der Waals surface area (Å²) in [6, 6.07) is 8.99. The first-order chi connectivity index (χ1) is 7.76. The van der Waals surface area contributed by atoms with Crippen molar-refractivity contribution in [3.8, 4) is 0 Å². The summed E-state index contributed by atoms with van der Waals surface area (Å²) < 4.78 is 6.51. The molecule has 3 heteroatoms. The predicted molar refractivity (Wildman–Crippen MR) is 71.8 cm³/mol. The van der Waals surface area contributed by atoms with Crippen molar-refractivity contribution in [2.75, 3.05) is 20.3 Å². The zero-order valence-electron chi connectivity index (χ0n) is 10.0. The molecule has 0 aliphatic heterocycles. The monoisotopic (exact) mass is 285 g/mol. The summed E-state index contributed by atoms with van der Waals surface area (Å²) >= 11 is 3.44. The van der Waals surface area contributed by atoms with Gasteiger partial charge in [-0.05, 0) is 44.5 Å². The van der Waals surface area contributed by atoms with Crippen LogP contribution in [0.15, 0.2) is 28.7 Å². The third-order valence-corrected chi connectivity index (χ3v) is 3.15. The topological polar surface area (TPSA) is 21.3 Å². The third-order valence-electron chi connectivity index (χ3n) is 2.62. The number of likely N-dealkylation sites (N-methyl/N-ethyl adjacent to an activating group) is 1. The van der Waals surface area contributed by atoms with Crippen LogP contribution in [0.2, 0.25) is 0 Å². The van der Waals surface area contributed by atoms with Gasteiger partial charge in [0.25, 0.3) is 0 Å². The normalized spacial score (nSPS) is 12.7. The predicted octanol–water partition coefficient (Wildman–Crippen LogP) is 3.01. The highest BCUT2D eigenvalue weighted by Gasteiger charge is 2.06. The van der Waals surface area contributed by atoms with Gasteiger partial charge in [0, 0.05) is 23.7 Å². The maximum absolute atomic E-state index is 5.38. The molecule has 0 heterocycles. The van der Waals surface area contributed by atoms with Crippen molar-refractivity contribution in [1.82, 2.24) is 5.32 Å². The van der Waals surface area contributed by atoms with Gasteiger partial charge in [0.1, 0.15) is 0 Å². The van der Waals surface area contributed by atoms with Crippen molar-refractivity contribution in [3.63, 3.8) is 0 Å². The zero-order chi connectivity index (χ0) is 11.8. The third kappa shape index (κ3) is 5.10. The van der Waals surface area contributed by atoms with E-state index in [0.29, 0.717) is 6.04 Å². The van der Waals surface area contributed by atoms with E-state index in [1.54, 1.807) is 0 Å². The molecule has 1 N–H and O–H groups in total. The number of hydrogen-bond donors (Lipinski definition) is 1. The summed E-state index contributed by atoms with van der Waals surface area (Å²) in [4.78, 5) is 0. The molecule has 1 aromatic rings. The average molecular weight is 286 g/mol. The fraction of sp³-hybridized carbons (Fsp3) is 0.538. The lowest BCUT2D eigenvalue weighted by Gasteiger charge is -2.16. The van der Waals surface area contributed by atoms with E-state index in [1.807, 2.05) is 14.0 Å². The number of ether oxygens (including phenoxy) is 1. The number of hydrogen-bond acceptors (Lipinski definition) is 2. The Morgan fingerprint density at radius 3 is 2.56 bits per heavy atom. The Hall–Kier alpha value is -0.380. The van der Waals surface area contributed by atoms with E-state index in [-0.39, 0.29) is 0 Å². The molecule has 0 fully saturated rings. The molecule has 0 aromatic heterocycles. The molecule has 0 radical (unpaired) electrons. The van der Waals surface area contributed by atoms with Crippen LogP contribution in [0.3, 0.4) is 0 Å². The summed E-state index contributed by atoms with van der Waals surface area (Å²) in [5, 5.41) is 3.33. The maximum atomic E-state index is 5.38. The minimum Gasteiger partial charge on any atom is -0.382 e. The summed E-state index contributed by atoms with van der Waals surface area (Å²) in [5.41, 5.74) is 1.36. The van der Waals surface area contributed by atoms with Gasteiger partial charge in [0.05, 0.1) is 0 Å². The van der Waals surface area contributed by atoms with E-state index in [2.05, 4.69) is 45.5 Å². The van der Waals surface area contributed by atoms with E-state index >= 15 is 0 Å². The highest BCUT2D eigenvalue weighted by atomic mass is 79.9. The van der Waals surface area contributed by atoms with Crippen LogP contribution in [0, 0.1) is 0 Å². The Labute approximate surface area is 107 Å². The van der Waals surface area contributed by atoms with Gasteiger partial charge in [-0.25, -0.2) is 0 Å². The molecule has 0 bridgehead atoms. The van der Waals surface area contributed by atoms with Crippen LogP contribution in [0.25, 0.3) is 0 Å². The molecule has 0 saturated heterocycles. The molecule has 0 amide bonds. The van der Waals surface area contributed by atoms with E-state index in [1.165, 1.54) is 5.56 Å². The van der Waals surface area contributed by atoms with E-state index < -0.39 is 0 Å². The molecule has 0 aliphatic rings. The Morgan fingerprint density at radius 1 is 1.31 bits per heavy atom. The lowest BCUT2D eigenvalue weighted by molar-refractivity contribution is 0.137. The van der Waals surface area contributed by atoms with Gasteiger partial charge >= 0.3 is 0 Å². The Bertz CT molecular complexity index is 286. The van der Waals surface area contributed by atoms with Gasteiger partial charge in [0.2, 0.25) is 0 Å². The lowest BCUT2D eigenvalue weighted by atomic mass is 10.0. The van der Waals surface area contributed by atoms with Crippen molar-refractivity contribution in [1.29, 1.82) is 0 Å². The lowest BCUT2D eigenvalue weighted by Crippen LogP contribution is -2.29. The highest BCUT2D eigenvalue weighted by Crippen LogP contribution is 2.12. The van der Waals surface area contributed by atoms with E-state index in [9.17, 15) is 0 Å². The molecule has 0 spiro atoms. The van der Waals surface area contributed by atoms with Gasteiger partial charge in [0.15, 0.2) is 0 Å². The van der Waals surface area contributed by atoms with Crippen molar-refractivity contribution in [2.24, 2.45) is 0 Å². The van der Waals surface area contributed by atoms with Crippen molar-refractivity contribution < 1.29 is 4.74 Å². The molecule has 1 unspecified atom stereocenters. The van der Waals surface area contributed by atoms with Crippen LogP contribution in [-0.2, 0) is 11.2 Å². The van der Waals surface area contributed by atoms with Gasteiger partial charge in [-0.3, -0.25) is 0 Å². The zero-order valence-corrected chi connectivity index (χ0v) is 11.6. The fourth-order valence-electron chi connectivity index (χ4n) is 1.62. The quantitative estimate of drug-likeness (QED) is 0.778. The van der Waals surface area contributed by atoms with Crippen LogP contribution in [0.4, 0.5) is 0 Å². The summed E-state index contributed by atoms with van der Waals surface area (Å²) in [6.45, 7) is 3.66. The van der Waals surface area contributed by atoms with Gasteiger partial charge < -0.3 is 10.1 Å². The second-order valence-electron chi connectivity index (χ2n) is 3.80. The standard InChI is InChI=1S/C13H20BrNO/c1-3-16-9-8-13(15-2)10-11-4-6-12(14)7-5-11/h4-7,13,15H,3,8-10H2,1-2H3. The number of nitrogens with one attached hydrogen (secondary N) is 1. The molecule has 2 nitrogen and oxygen atoms in total. The number of halogens is 1. The minimum absolute atomic E-state index is 0.493. The molecule has 1 atom stereocenters. The Kier molecular flexibility index (Phi) is 6.69. The van der Waals surface area contributed by atoms with Crippen LogP contribution >= 0.6 is 15.9 Å². The first-order valence-electron chi connectivity index (χ1n) is 5.75. The van der Waals surface area contributed by atoms with E-state index in [4.69, 9.17) is 4.74 Å². The number of rotatable bonds is 7. The second kappa shape index (κ2) is 7.82. The maximum Gasteiger partial charge on any atom is 0.0480 e. The summed E-state index contributed by atoms with van der Waals surface area (Å²) in [6.07, 6.45) is 2.11.